The van der Waals surface area contributed by atoms with Gasteiger partial charge in [-0.2, -0.15) is 5.26 Å². The van der Waals surface area contributed by atoms with E-state index >= 15 is 0 Å². The second-order valence-electron chi connectivity index (χ2n) is 6.01. The van der Waals surface area contributed by atoms with Crippen molar-refractivity contribution < 1.29 is 4.52 Å². The first kappa shape index (κ1) is 18.2. The Morgan fingerprint density at radius 1 is 1.21 bits per heavy atom. The number of thiazole rings is 1. The summed E-state index contributed by atoms with van der Waals surface area (Å²) in [6.07, 6.45) is 0. The maximum atomic E-state index is 9.57. The third-order valence-electron chi connectivity index (χ3n) is 3.98. The molecule has 0 aliphatic rings. The Bertz CT molecular complexity index is 1160. The average molecular weight is 406 g/mol. The molecule has 0 atom stereocenters. The number of hydrogen-bond acceptors (Lipinski definition) is 8. The molecular formula is C20H15N5OS2. The van der Waals surface area contributed by atoms with Crippen molar-refractivity contribution in [3.8, 4) is 27.9 Å². The number of aryl methyl sites for hydroxylation is 1. The van der Waals surface area contributed by atoms with Crippen molar-refractivity contribution in [2.75, 3.05) is 5.73 Å². The molecule has 4 rings (SSSR count). The lowest BCUT2D eigenvalue weighted by molar-refractivity contribution is 0.393. The first-order valence-corrected chi connectivity index (χ1v) is 10.3. The number of nitrogens with two attached hydrogens (primary N) is 1. The van der Waals surface area contributed by atoms with Gasteiger partial charge in [-0.15, -0.1) is 11.3 Å². The summed E-state index contributed by atoms with van der Waals surface area (Å²) in [7, 11) is 0. The maximum Gasteiger partial charge on any atom is 0.135 e. The lowest BCUT2D eigenvalue weighted by atomic mass is 10.2. The van der Waals surface area contributed by atoms with Crippen molar-refractivity contribution in [2.24, 2.45) is 0 Å². The number of pyridine rings is 1. The average Bonchev–Trinajstić information content (AvgIpc) is 3.36. The number of anilines is 1. The normalized spacial score (nSPS) is 10.7. The second kappa shape index (κ2) is 7.84. The van der Waals surface area contributed by atoms with Gasteiger partial charge in [0.2, 0.25) is 0 Å². The molecule has 8 heteroatoms. The van der Waals surface area contributed by atoms with Crippen LogP contribution >= 0.6 is 23.1 Å². The highest BCUT2D eigenvalue weighted by Gasteiger charge is 2.16. The molecule has 0 amide bonds. The molecule has 0 radical (unpaired) electrons. The minimum atomic E-state index is 0.354. The van der Waals surface area contributed by atoms with E-state index in [9.17, 15) is 5.26 Å². The Balaban J connectivity index is 1.62. The van der Waals surface area contributed by atoms with E-state index in [1.165, 1.54) is 23.1 Å². The van der Waals surface area contributed by atoms with Gasteiger partial charge in [0, 0.05) is 22.8 Å². The smallest absolute Gasteiger partial charge is 0.135 e. The predicted octanol–water partition coefficient (Wildman–Crippen LogP) is 4.91. The summed E-state index contributed by atoms with van der Waals surface area (Å²) >= 11 is 2.89. The minimum absolute atomic E-state index is 0.354. The molecule has 2 N–H and O–H groups in total. The zero-order valence-corrected chi connectivity index (χ0v) is 16.5. The van der Waals surface area contributed by atoms with Crippen molar-refractivity contribution in [1.29, 1.82) is 5.26 Å². The summed E-state index contributed by atoms with van der Waals surface area (Å²) in [5.41, 5.74) is 10.0. The van der Waals surface area contributed by atoms with Crippen LogP contribution in [-0.4, -0.2) is 15.1 Å². The summed E-state index contributed by atoms with van der Waals surface area (Å²) in [5, 5.41) is 16.8. The zero-order chi connectivity index (χ0) is 19.5. The Kier molecular flexibility index (Phi) is 5.10. The van der Waals surface area contributed by atoms with Crippen LogP contribution in [0.3, 0.4) is 0 Å². The quantitative estimate of drug-likeness (QED) is 0.470. The van der Waals surface area contributed by atoms with E-state index in [2.05, 4.69) is 21.2 Å². The summed E-state index contributed by atoms with van der Waals surface area (Å²) in [4.78, 5) is 9.12. The van der Waals surface area contributed by atoms with Crippen LogP contribution in [0.15, 0.2) is 57.4 Å². The molecule has 3 heterocycles. The van der Waals surface area contributed by atoms with Gasteiger partial charge in [-0.3, -0.25) is 0 Å². The van der Waals surface area contributed by atoms with Crippen molar-refractivity contribution in [1.82, 2.24) is 15.1 Å². The van der Waals surface area contributed by atoms with E-state index in [4.69, 9.17) is 10.3 Å². The summed E-state index contributed by atoms with van der Waals surface area (Å²) in [6, 6.07) is 15.7. The molecule has 4 aromatic rings. The largest absolute Gasteiger partial charge is 0.383 e. The lowest BCUT2D eigenvalue weighted by Gasteiger charge is -2.07. The molecule has 0 bridgehead atoms. The van der Waals surface area contributed by atoms with Gasteiger partial charge >= 0.3 is 0 Å². The Hall–Kier alpha value is -3.15. The Morgan fingerprint density at radius 2 is 2.04 bits per heavy atom. The molecule has 0 saturated heterocycles. The summed E-state index contributed by atoms with van der Waals surface area (Å²) in [6.45, 7) is 1.84. The number of nitrogens with zero attached hydrogens (tertiary/aromatic N) is 4. The number of nitrogen functional groups attached to an aromatic ring is 1. The van der Waals surface area contributed by atoms with Crippen LogP contribution < -0.4 is 5.73 Å². The van der Waals surface area contributed by atoms with Crippen molar-refractivity contribution >= 4 is 28.9 Å². The molecule has 0 spiro atoms. The predicted molar refractivity (Wildman–Crippen MR) is 111 cm³/mol. The number of aromatic nitrogens is 3. The molecule has 28 heavy (non-hydrogen) atoms. The SMILES string of the molecule is Cc1cc(CSc2nc(N)c(-c3nc(-c4ccccc4)cs3)cc2C#N)no1. The molecule has 138 valence electrons. The highest BCUT2D eigenvalue weighted by molar-refractivity contribution is 7.98. The number of benzene rings is 1. The third kappa shape index (κ3) is 3.76. The van der Waals surface area contributed by atoms with E-state index in [1.807, 2.05) is 48.7 Å². The van der Waals surface area contributed by atoms with Crippen molar-refractivity contribution in [3.05, 3.63) is 64.9 Å². The molecule has 3 aromatic heterocycles. The number of nitriles is 1. The van der Waals surface area contributed by atoms with Gasteiger partial charge in [0.15, 0.2) is 0 Å². The van der Waals surface area contributed by atoms with E-state index in [1.54, 1.807) is 6.07 Å². The lowest BCUT2D eigenvalue weighted by Crippen LogP contribution is -1.99. The van der Waals surface area contributed by atoms with Crippen molar-refractivity contribution in [3.63, 3.8) is 0 Å². The van der Waals surface area contributed by atoms with Crippen molar-refractivity contribution in [2.45, 2.75) is 17.7 Å². The molecule has 0 aliphatic heterocycles. The number of hydrogen-bond donors (Lipinski definition) is 1. The Morgan fingerprint density at radius 3 is 2.75 bits per heavy atom. The minimum Gasteiger partial charge on any atom is -0.383 e. The summed E-state index contributed by atoms with van der Waals surface area (Å²) in [5.74, 6) is 1.65. The van der Waals surface area contributed by atoms with Crippen LogP contribution in [0, 0.1) is 18.3 Å². The standard InChI is InChI=1S/C20H15N5OS2/c1-12-7-15(25-26-12)10-27-19-14(9-21)8-16(18(22)24-19)20-23-17(11-28-20)13-5-3-2-4-6-13/h2-8,11H,10H2,1H3,(H2,22,24). The van der Waals surface area contributed by atoms with Gasteiger partial charge in [-0.05, 0) is 13.0 Å². The third-order valence-corrected chi connectivity index (χ3v) is 5.88. The first-order valence-electron chi connectivity index (χ1n) is 8.41. The fourth-order valence-electron chi connectivity index (χ4n) is 2.64. The van der Waals surface area contributed by atoms with Gasteiger partial charge in [0.25, 0.3) is 0 Å². The fraction of sp³-hybridized carbons (Fsp3) is 0.100. The fourth-order valence-corrected chi connectivity index (χ4v) is 4.34. The number of rotatable bonds is 5. The maximum absolute atomic E-state index is 9.57. The van der Waals surface area contributed by atoms with Gasteiger partial charge in [0.1, 0.15) is 27.7 Å². The van der Waals surface area contributed by atoms with Crippen LogP contribution in [-0.2, 0) is 5.75 Å². The molecule has 0 fully saturated rings. The van der Waals surface area contributed by atoms with E-state index < -0.39 is 0 Å². The van der Waals surface area contributed by atoms with E-state index in [-0.39, 0.29) is 0 Å². The molecule has 6 nitrogen and oxygen atoms in total. The van der Waals surface area contributed by atoms with E-state index in [0.29, 0.717) is 27.7 Å². The highest BCUT2D eigenvalue weighted by Crippen LogP contribution is 2.35. The highest BCUT2D eigenvalue weighted by atomic mass is 32.2. The van der Waals surface area contributed by atoms with Gasteiger partial charge in [0.05, 0.1) is 22.5 Å². The molecule has 1 aromatic carbocycles. The zero-order valence-electron chi connectivity index (χ0n) is 14.9. The monoisotopic (exact) mass is 405 g/mol. The summed E-state index contributed by atoms with van der Waals surface area (Å²) < 4.78 is 5.07. The van der Waals surface area contributed by atoms with E-state index in [0.717, 1.165) is 27.7 Å². The second-order valence-corrected chi connectivity index (χ2v) is 7.83. The topological polar surface area (TPSA) is 102 Å². The number of thioether (sulfide) groups is 1. The van der Waals surface area contributed by atoms with Crippen LogP contribution in [0.2, 0.25) is 0 Å². The molecule has 0 unspecified atom stereocenters. The molecule has 0 saturated carbocycles. The first-order chi connectivity index (χ1) is 13.6. The van der Waals surface area contributed by atoms with Crippen LogP contribution in [0.1, 0.15) is 17.0 Å². The van der Waals surface area contributed by atoms with Crippen LogP contribution in [0.25, 0.3) is 21.8 Å². The van der Waals surface area contributed by atoms with Gasteiger partial charge < -0.3 is 10.3 Å². The molecular weight excluding hydrogens is 390 g/mol. The van der Waals surface area contributed by atoms with Crippen LogP contribution in [0.5, 0.6) is 0 Å². The van der Waals surface area contributed by atoms with Gasteiger partial charge in [-0.1, -0.05) is 47.3 Å². The Labute approximate surface area is 170 Å². The van der Waals surface area contributed by atoms with Crippen LogP contribution in [0.4, 0.5) is 5.82 Å². The molecule has 0 aliphatic carbocycles. The van der Waals surface area contributed by atoms with Gasteiger partial charge in [-0.25, -0.2) is 9.97 Å².